The van der Waals surface area contributed by atoms with E-state index in [9.17, 15) is 19.2 Å². The van der Waals surface area contributed by atoms with Gasteiger partial charge in [-0.3, -0.25) is 9.59 Å². The van der Waals surface area contributed by atoms with Crippen molar-refractivity contribution in [2.45, 2.75) is 12.8 Å². The Labute approximate surface area is 279 Å². The number of ether oxygens (including phenoxy) is 2. The number of benzene rings is 3. The quantitative estimate of drug-likeness (QED) is 0.184. The fourth-order valence-electron chi connectivity index (χ4n) is 4.43. The van der Waals surface area contributed by atoms with E-state index < -0.39 is 12.2 Å². The maximum atomic E-state index is 10.8. The number of aromatic amines is 2. The van der Waals surface area contributed by atoms with Gasteiger partial charge in [-0.25, -0.2) is 22.0 Å². The van der Waals surface area contributed by atoms with Crippen LogP contribution >= 0.6 is 17.2 Å². The molecule has 16 heteroatoms. The largest absolute Gasteiger partial charge is 2.00 e. The number of nitrogens with one attached hydrogen (secondary N) is 4. The summed E-state index contributed by atoms with van der Waals surface area (Å²) in [6.45, 7) is 0. The molecule has 4 N–H and O–H groups in total. The Hall–Kier alpha value is -3.49. The molecule has 0 aliphatic heterocycles. The van der Waals surface area contributed by atoms with Crippen molar-refractivity contribution in [1.29, 1.82) is 0 Å². The molecule has 2 aromatic heterocycles. The van der Waals surface area contributed by atoms with E-state index in [0.717, 1.165) is 71.6 Å². The summed E-state index contributed by atoms with van der Waals surface area (Å²) in [7, 11) is 2.17. The SMILES string of the molecule is COC([NH-])=O.COC([NH-])=O.O=[C-]Pc1nc2c([nH]1)CCc1cc3cc(-c4ccc5nc(P[C-]=O)[nH]c5c4)ccc3cc1-2.[V+2].[V+2]. The summed E-state index contributed by atoms with van der Waals surface area (Å²) in [6, 6.07) is 20.9. The Morgan fingerprint density at radius 3 is 2.00 bits per heavy atom. The van der Waals surface area contributed by atoms with Crippen molar-refractivity contribution < 1.29 is 65.8 Å². The number of nitrogens with zero attached hydrogens (tertiary/aromatic N) is 2. The predicted octanol–water partition coefficient (Wildman–Crippen LogP) is 5.22. The molecule has 2 heterocycles. The van der Waals surface area contributed by atoms with Crippen LogP contribution in [-0.2, 0) is 69.0 Å². The van der Waals surface area contributed by atoms with Crippen molar-refractivity contribution in [2.24, 2.45) is 0 Å². The first kappa shape index (κ1) is 36.7. The normalized spacial score (nSPS) is 11.2. The molecule has 222 valence electrons. The van der Waals surface area contributed by atoms with E-state index >= 15 is 0 Å². The Morgan fingerprint density at radius 2 is 1.39 bits per heavy atom. The summed E-state index contributed by atoms with van der Waals surface area (Å²) >= 11 is 0. The number of aromatic nitrogens is 4. The minimum absolute atomic E-state index is 0. The number of imidazole rings is 2. The maximum Gasteiger partial charge on any atom is 2.00 e. The first-order valence-corrected chi connectivity index (χ1v) is 14.3. The summed E-state index contributed by atoms with van der Waals surface area (Å²) in [5, 5.41) is 2.34. The van der Waals surface area contributed by atoms with Crippen LogP contribution in [0.5, 0.6) is 0 Å². The zero-order valence-electron chi connectivity index (χ0n) is 23.3. The van der Waals surface area contributed by atoms with Crippen LogP contribution in [0.25, 0.3) is 55.7 Å². The number of rotatable bonds is 5. The number of hydrogen-bond acceptors (Lipinski definition) is 8. The zero-order chi connectivity index (χ0) is 30.2. The van der Waals surface area contributed by atoms with Gasteiger partial charge in [0.1, 0.15) is 0 Å². The van der Waals surface area contributed by atoms with Gasteiger partial charge in [0.2, 0.25) is 12.2 Å². The summed E-state index contributed by atoms with van der Waals surface area (Å²) in [5.41, 5.74) is 21.8. The molecule has 2 amide bonds. The second-order valence-electron chi connectivity index (χ2n) is 8.74. The van der Waals surface area contributed by atoms with E-state index in [1.54, 1.807) is 0 Å². The standard InChI is InChI=1S/C24H16N4O2P2.2C2H5NO2.2V/c29-11-31-23-25-19-5-3-15(10-21(19)27-23)13-1-2-14-9-18-16(8-17(14)7-13)4-6-20-22(18)28-24(26-20)32-12-30;2*1-5-2(3)4;;/h1-3,5,7-10,31-32H,4,6H2,(H,25,27)(H,26,28);2*1H3,(H2,3,4);;/q-2;;;2*+2/p-2. The smallest absolute Gasteiger partial charge is 0.632 e. The van der Waals surface area contributed by atoms with E-state index in [4.69, 9.17) is 11.5 Å². The number of hydrogen-bond donors (Lipinski definition) is 2. The average Bonchev–Trinajstić information content (AvgIpc) is 3.59. The molecule has 0 fully saturated rings. The summed E-state index contributed by atoms with van der Waals surface area (Å²) in [5.74, 6) is 0. The van der Waals surface area contributed by atoms with Crippen molar-refractivity contribution in [3.63, 3.8) is 0 Å². The molecule has 2 atom stereocenters. The first-order chi connectivity index (χ1) is 20.3. The number of carbonyl (C=O) groups is 2. The molecule has 0 saturated heterocycles. The fourth-order valence-corrected chi connectivity index (χ4v) is 5.38. The van der Waals surface area contributed by atoms with Crippen molar-refractivity contribution in [1.82, 2.24) is 19.9 Å². The number of amides is 2. The summed E-state index contributed by atoms with van der Waals surface area (Å²) < 4.78 is 7.56. The van der Waals surface area contributed by atoms with E-state index in [1.807, 2.05) is 18.1 Å². The molecule has 12 nitrogen and oxygen atoms in total. The van der Waals surface area contributed by atoms with Gasteiger partial charge in [0.05, 0.1) is 42.1 Å². The van der Waals surface area contributed by atoms with Crippen LogP contribution in [0.4, 0.5) is 9.59 Å². The average molecular weight is 704 g/mol. The third kappa shape index (κ3) is 9.02. The molecule has 1 aliphatic rings. The second-order valence-corrected chi connectivity index (χ2v) is 10.6. The van der Waals surface area contributed by atoms with Crippen molar-refractivity contribution in [2.75, 3.05) is 14.2 Å². The number of fused-ring (bicyclic) bond motifs is 5. The first-order valence-electron chi connectivity index (χ1n) is 12.3. The van der Waals surface area contributed by atoms with Gasteiger partial charge in [-0.2, -0.15) is 17.2 Å². The Balaban J connectivity index is 0.000000493. The minimum Gasteiger partial charge on any atom is -0.632 e. The van der Waals surface area contributed by atoms with Gasteiger partial charge in [-0.05, 0) is 64.6 Å². The number of carbonyl (C=O) groups excluding carboxylic acids is 4. The van der Waals surface area contributed by atoms with Crippen LogP contribution in [0.15, 0.2) is 48.5 Å². The second kappa shape index (κ2) is 17.1. The van der Waals surface area contributed by atoms with E-state index in [-0.39, 0.29) is 54.3 Å². The fraction of sp³-hybridized carbons (Fsp3) is 0.143. The zero-order valence-corrected chi connectivity index (χ0v) is 28.1. The van der Waals surface area contributed by atoms with Gasteiger partial charge in [0.15, 0.2) is 0 Å². The van der Waals surface area contributed by atoms with Crippen molar-refractivity contribution >= 4 is 74.3 Å². The predicted molar refractivity (Wildman–Crippen MR) is 165 cm³/mol. The molecule has 2 unspecified atom stereocenters. The van der Waals surface area contributed by atoms with Gasteiger partial charge in [-0.15, -0.1) is 0 Å². The molecular weight excluding hydrogens is 680 g/mol. The number of aryl methyl sites for hydroxylation is 2. The molecule has 5 aromatic rings. The van der Waals surface area contributed by atoms with Crippen molar-refractivity contribution in [3.05, 3.63) is 71.3 Å². The number of H-pyrrole nitrogens is 2. The molecule has 3 aromatic carbocycles. The molecule has 6 rings (SSSR count). The molecule has 44 heavy (non-hydrogen) atoms. The third-order valence-corrected chi connectivity index (χ3v) is 7.42. The van der Waals surface area contributed by atoms with Crippen LogP contribution in [0.2, 0.25) is 0 Å². The molecule has 1 aliphatic carbocycles. The van der Waals surface area contributed by atoms with Crippen LogP contribution < -0.4 is 11.1 Å². The van der Waals surface area contributed by atoms with Gasteiger partial charge < -0.3 is 40.5 Å². The van der Waals surface area contributed by atoms with E-state index in [1.165, 1.54) is 10.9 Å². The Kier molecular flexibility index (Phi) is 14.3. The van der Waals surface area contributed by atoms with E-state index in [2.05, 4.69) is 71.9 Å². The summed E-state index contributed by atoms with van der Waals surface area (Å²) in [6.07, 6.45) is -0.160. The topological polar surface area (TPSA) is 192 Å². The molecule has 0 saturated carbocycles. The molecule has 0 spiro atoms. The number of methoxy groups -OCH3 is 2. The van der Waals surface area contributed by atoms with Crippen LogP contribution in [-0.4, -0.2) is 58.4 Å². The van der Waals surface area contributed by atoms with Crippen LogP contribution in [0.3, 0.4) is 0 Å². The van der Waals surface area contributed by atoms with Gasteiger partial charge in [0, 0.05) is 11.3 Å². The monoisotopic (exact) mass is 704 g/mol. The third-order valence-electron chi connectivity index (χ3n) is 6.27. The molecule has 2 radical (unpaired) electrons. The Morgan fingerprint density at radius 1 is 0.795 bits per heavy atom. The molecular formula is C28H24N6O6P2V2. The van der Waals surface area contributed by atoms with Crippen LogP contribution in [0.1, 0.15) is 11.3 Å². The van der Waals surface area contributed by atoms with Gasteiger partial charge >= 0.3 is 37.1 Å². The van der Waals surface area contributed by atoms with Gasteiger partial charge in [-0.1, -0.05) is 24.3 Å². The van der Waals surface area contributed by atoms with E-state index in [0.29, 0.717) is 11.1 Å². The van der Waals surface area contributed by atoms with Gasteiger partial charge in [0.25, 0.3) is 0 Å². The summed E-state index contributed by atoms with van der Waals surface area (Å²) in [4.78, 5) is 55.5. The Bertz CT molecular complexity index is 1780. The minimum atomic E-state index is -0.995. The maximum absolute atomic E-state index is 10.8. The van der Waals surface area contributed by atoms with Crippen LogP contribution in [0, 0.1) is 0 Å². The molecule has 0 bridgehead atoms. The van der Waals surface area contributed by atoms with Crippen molar-refractivity contribution in [3.8, 4) is 22.4 Å².